The van der Waals surface area contributed by atoms with Crippen LogP contribution in [0.5, 0.6) is 5.75 Å². The second kappa shape index (κ2) is 6.32. The molecule has 0 bridgehead atoms. The zero-order valence-electron chi connectivity index (χ0n) is 14.0. The molecule has 6 heteroatoms. The summed E-state index contributed by atoms with van der Waals surface area (Å²) in [5.41, 5.74) is 0.994. The summed E-state index contributed by atoms with van der Waals surface area (Å²) in [7, 11) is 1.66. The lowest BCUT2D eigenvalue weighted by molar-refractivity contribution is 0.414. The van der Waals surface area contributed by atoms with E-state index >= 15 is 0 Å². The molecule has 25 heavy (non-hydrogen) atoms. The van der Waals surface area contributed by atoms with Gasteiger partial charge in [0.05, 0.1) is 19.4 Å². The second-order valence-corrected chi connectivity index (χ2v) is 5.67. The Kier molecular flexibility index (Phi) is 3.85. The van der Waals surface area contributed by atoms with E-state index in [-0.39, 0.29) is 6.04 Å². The summed E-state index contributed by atoms with van der Waals surface area (Å²) in [4.78, 5) is 9.04. The number of rotatable bonds is 5. The molecule has 0 aliphatic heterocycles. The molecular weight excluding hydrogens is 316 g/mol. The maximum absolute atomic E-state index is 5.54. The van der Waals surface area contributed by atoms with Crippen molar-refractivity contribution in [2.75, 3.05) is 7.11 Å². The molecule has 6 nitrogen and oxygen atoms in total. The fourth-order valence-electron chi connectivity index (χ4n) is 2.88. The van der Waals surface area contributed by atoms with Crippen LogP contribution in [-0.2, 0) is 0 Å². The molecular formula is C19H18N4O2. The Balaban J connectivity index is 1.75. The van der Waals surface area contributed by atoms with E-state index < -0.39 is 0 Å². The molecule has 0 fully saturated rings. The van der Waals surface area contributed by atoms with Gasteiger partial charge in [-0.15, -0.1) is 0 Å². The predicted octanol–water partition coefficient (Wildman–Crippen LogP) is 3.95. The van der Waals surface area contributed by atoms with Crippen molar-refractivity contribution in [2.24, 2.45) is 0 Å². The van der Waals surface area contributed by atoms with Crippen LogP contribution in [-0.4, -0.2) is 26.2 Å². The summed E-state index contributed by atoms with van der Waals surface area (Å²) in [5, 5.41) is 0. The van der Waals surface area contributed by atoms with Crippen molar-refractivity contribution in [3.63, 3.8) is 0 Å². The number of hydrogen-bond acceptors (Lipinski definition) is 4. The van der Waals surface area contributed by atoms with Crippen LogP contribution >= 0.6 is 0 Å². The van der Waals surface area contributed by atoms with Gasteiger partial charge in [0.2, 0.25) is 0 Å². The van der Waals surface area contributed by atoms with Crippen LogP contribution in [0.1, 0.15) is 18.7 Å². The maximum Gasteiger partial charge on any atom is 0.181 e. The molecule has 0 saturated heterocycles. The van der Waals surface area contributed by atoms with Gasteiger partial charge in [-0.25, -0.2) is 9.97 Å². The van der Waals surface area contributed by atoms with Gasteiger partial charge in [0.1, 0.15) is 11.5 Å². The summed E-state index contributed by atoms with van der Waals surface area (Å²) in [6.45, 7) is 2.07. The summed E-state index contributed by atoms with van der Waals surface area (Å²) >= 11 is 0. The van der Waals surface area contributed by atoms with Crippen molar-refractivity contribution in [1.82, 2.24) is 19.1 Å². The van der Waals surface area contributed by atoms with E-state index in [1.54, 1.807) is 25.8 Å². The topological polar surface area (TPSA) is 58.0 Å². The van der Waals surface area contributed by atoms with Gasteiger partial charge >= 0.3 is 0 Å². The first-order chi connectivity index (χ1) is 12.3. The third-order valence-electron chi connectivity index (χ3n) is 4.23. The number of aromatic nitrogens is 4. The van der Waals surface area contributed by atoms with E-state index in [9.17, 15) is 0 Å². The highest BCUT2D eigenvalue weighted by molar-refractivity contribution is 5.52. The van der Waals surface area contributed by atoms with Crippen molar-refractivity contribution >= 4 is 0 Å². The Morgan fingerprint density at radius 3 is 2.48 bits per heavy atom. The smallest absolute Gasteiger partial charge is 0.181 e. The lowest BCUT2D eigenvalue weighted by Crippen LogP contribution is -2.09. The summed E-state index contributed by atoms with van der Waals surface area (Å²) < 4.78 is 14.8. The van der Waals surface area contributed by atoms with E-state index in [4.69, 9.17) is 9.15 Å². The predicted molar refractivity (Wildman–Crippen MR) is 93.9 cm³/mol. The zero-order chi connectivity index (χ0) is 17.2. The molecule has 0 aliphatic rings. The Hall–Kier alpha value is -3.28. The first-order valence-electron chi connectivity index (χ1n) is 8.02. The van der Waals surface area contributed by atoms with Crippen LogP contribution in [0.2, 0.25) is 0 Å². The van der Waals surface area contributed by atoms with E-state index in [2.05, 4.69) is 21.5 Å². The molecule has 3 aromatic heterocycles. The molecule has 0 saturated carbocycles. The minimum atomic E-state index is 0.0218. The molecule has 0 unspecified atom stereocenters. The Morgan fingerprint density at radius 1 is 1.00 bits per heavy atom. The van der Waals surface area contributed by atoms with Crippen molar-refractivity contribution < 1.29 is 9.15 Å². The highest BCUT2D eigenvalue weighted by atomic mass is 16.5. The van der Waals surface area contributed by atoms with Gasteiger partial charge in [-0.1, -0.05) is 0 Å². The first kappa shape index (κ1) is 15.3. The van der Waals surface area contributed by atoms with Crippen LogP contribution in [0, 0.1) is 0 Å². The molecule has 0 radical (unpaired) electrons. The summed E-state index contributed by atoms with van der Waals surface area (Å²) in [6.07, 6.45) is 9.10. The van der Waals surface area contributed by atoms with Gasteiger partial charge in [-0.05, 0) is 43.3 Å². The van der Waals surface area contributed by atoms with Gasteiger partial charge in [0.25, 0.3) is 0 Å². The number of benzene rings is 1. The zero-order valence-corrected chi connectivity index (χ0v) is 14.0. The van der Waals surface area contributed by atoms with Crippen LogP contribution < -0.4 is 4.74 Å². The number of nitrogens with zero attached hydrogens (tertiary/aromatic N) is 4. The van der Waals surface area contributed by atoms with Crippen molar-refractivity contribution in [2.45, 2.75) is 13.0 Å². The Bertz CT molecular complexity index is 952. The minimum absolute atomic E-state index is 0.0218. The molecule has 126 valence electrons. The average Bonchev–Trinajstić information content (AvgIpc) is 3.41. The van der Waals surface area contributed by atoms with Crippen LogP contribution in [0.3, 0.4) is 0 Å². The Labute approximate surface area is 145 Å². The van der Waals surface area contributed by atoms with Crippen molar-refractivity contribution in [3.05, 3.63) is 73.2 Å². The molecule has 0 spiro atoms. The Morgan fingerprint density at radius 2 is 1.76 bits per heavy atom. The third kappa shape index (κ3) is 2.71. The number of hydrogen-bond donors (Lipinski definition) is 0. The SMILES string of the molecule is COc1ccc(-n2ccnc2-c2nccn2[C@H](C)c2ccco2)cc1. The quantitative estimate of drug-likeness (QED) is 0.554. The highest BCUT2D eigenvalue weighted by Gasteiger charge is 2.19. The third-order valence-corrected chi connectivity index (χ3v) is 4.23. The van der Waals surface area contributed by atoms with Gasteiger partial charge in [-0.2, -0.15) is 0 Å². The molecule has 4 aromatic rings. The molecule has 1 atom stereocenters. The van der Waals surface area contributed by atoms with Crippen molar-refractivity contribution in [1.29, 1.82) is 0 Å². The minimum Gasteiger partial charge on any atom is -0.497 e. The van der Waals surface area contributed by atoms with Gasteiger partial charge in [0.15, 0.2) is 11.6 Å². The van der Waals surface area contributed by atoms with Gasteiger partial charge in [0, 0.05) is 30.5 Å². The maximum atomic E-state index is 5.54. The standard InChI is InChI=1S/C19H18N4O2/c1-14(17-4-3-13-25-17)22-11-9-20-18(22)19-21-10-12-23(19)15-5-7-16(24-2)8-6-15/h3-14H,1-2H3/t14-/m1/s1. The number of ether oxygens (including phenoxy) is 1. The van der Waals surface area contributed by atoms with Crippen LogP contribution in [0.4, 0.5) is 0 Å². The number of furan rings is 1. The lowest BCUT2D eigenvalue weighted by atomic mass is 10.2. The number of methoxy groups -OCH3 is 1. The van der Waals surface area contributed by atoms with Crippen molar-refractivity contribution in [3.8, 4) is 23.1 Å². The van der Waals surface area contributed by atoms with E-state index in [1.165, 1.54) is 0 Å². The van der Waals surface area contributed by atoms with E-state index in [0.717, 1.165) is 28.8 Å². The monoisotopic (exact) mass is 334 g/mol. The fourth-order valence-corrected chi connectivity index (χ4v) is 2.88. The summed E-state index contributed by atoms with van der Waals surface area (Å²) in [6, 6.07) is 11.7. The normalized spacial score (nSPS) is 12.2. The van der Waals surface area contributed by atoms with Gasteiger partial charge < -0.3 is 13.7 Å². The molecule has 0 aliphatic carbocycles. The first-order valence-corrected chi connectivity index (χ1v) is 8.02. The fraction of sp³-hybridized carbons (Fsp3) is 0.158. The van der Waals surface area contributed by atoms with Gasteiger partial charge in [-0.3, -0.25) is 4.57 Å². The molecule has 1 aromatic carbocycles. The van der Waals surface area contributed by atoms with E-state index in [1.807, 2.05) is 53.4 Å². The molecule has 3 heterocycles. The second-order valence-electron chi connectivity index (χ2n) is 5.67. The van der Waals surface area contributed by atoms with E-state index in [0.29, 0.717) is 0 Å². The molecule has 4 rings (SSSR count). The van der Waals surface area contributed by atoms with Crippen LogP contribution in [0.15, 0.2) is 71.9 Å². The number of imidazole rings is 2. The lowest BCUT2D eigenvalue weighted by Gasteiger charge is -2.15. The average molecular weight is 334 g/mol. The molecule has 0 amide bonds. The summed E-state index contributed by atoms with van der Waals surface area (Å²) in [5.74, 6) is 3.25. The van der Waals surface area contributed by atoms with Crippen LogP contribution in [0.25, 0.3) is 17.3 Å². The largest absolute Gasteiger partial charge is 0.497 e. The highest BCUT2D eigenvalue weighted by Crippen LogP contribution is 2.27. The molecule has 0 N–H and O–H groups in total.